The van der Waals surface area contributed by atoms with Crippen molar-refractivity contribution in [2.45, 2.75) is 40.5 Å². The molecule has 132 valence electrons. The number of nitrogen functional groups attached to an aromatic ring is 1. The Labute approximate surface area is 151 Å². The molecule has 1 unspecified atom stereocenters. The van der Waals surface area contributed by atoms with Crippen molar-refractivity contribution in [3.8, 4) is 11.5 Å². The number of allylic oxidation sites excluding steroid dienone is 4. The molecule has 1 heterocycles. The SMILES string of the molecule is CCC(C)=C/C(=C\C(C)CC)c1cc(Oc2cccc(N)c2)ccn1. The summed E-state index contributed by atoms with van der Waals surface area (Å²) in [7, 11) is 0. The van der Waals surface area contributed by atoms with E-state index in [1.54, 1.807) is 6.20 Å². The first-order valence-corrected chi connectivity index (χ1v) is 8.90. The first kappa shape index (κ1) is 18.8. The summed E-state index contributed by atoms with van der Waals surface area (Å²) in [4.78, 5) is 4.56. The lowest BCUT2D eigenvalue weighted by molar-refractivity contribution is 0.482. The molecule has 0 saturated heterocycles. The quantitative estimate of drug-likeness (QED) is 0.481. The van der Waals surface area contributed by atoms with Gasteiger partial charge < -0.3 is 10.5 Å². The number of nitrogens with zero attached hydrogens (tertiary/aromatic N) is 1. The predicted octanol–water partition coefficient (Wildman–Crippen LogP) is 6.24. The van der Waals surface area contributed by atoms with Gasteiger partial charge in [0, 0.05) is 24.0 Å². The largest absolute Gasteiger partial charge is 0.457 e. The molecule has 25 heavy (non-hydrogen) atoms. The lowest BCUT2D eigenvalue weighted by Crippen LogP contribution is -1.94. The number of aromatic nitrogens is 1. The van der Waals surface area contributed by atoms with E-state index in [4.69, 9.17) is 10.5 Å². The number of rotatable bonds is 7. The molecular formula is C22H28N2O. The van der Waals surface area contributed by atoms with Crippen molar-refractivity contribution in [1.29, 1.82) is 0 Å². The minimum atomic E-state index is 0.496. The summed E-state index contributed by atoms with van der Waals surface area (Å²) in [5, 5.41) is 0. The Bertz CT molecular complexity index is 762. The maximum atomic E-state index is 5.94. The number of anilines is 1. The van der Waals surface area contributed by atoms with E-state index in [0.29, 0.717) is 11.6 Å². The maximum Gasteiger partial charge on any atom is 0.131 e. The van der Waals surface area contributed by atoms with Crippen LogP contribution in [0.15, 0.2) is 60.3 Å². The van der Waals surface area contributed by atoms with Crippen LogP contribution in [0.1, 0.15) is 46.2 Å². The van der Waals surface area contributed by atoms with Crippen molar-refractivity contribution in [2.75, 3.05) is 5.73 Å². The van der Waals surface area contributed by atoms with Crippen LogP contribution in [0.4, 0.5) is 5.69 Å². The summed E-state index contributed by atoms with van der Waals surface area (Å²) in [5.41, 5.74) is 9.91. The minimum absolute atomic E-state index is 0.496. The van der Waals surface area contributed by atoms with Gasteiger partial charge in [-0.25, -0.2) is 0 Å². The highest BCUT2D eigenvalue weighted by Crippen LogP contribution is 2.27. The lowest BCUT2D eigenvalue weighted by atomic mass is 10.00. The zero-order valence-electron chi connectivity index (χ0n) is 15.6. The van der Waals surface area contributed by atoms with Crippen molar-refractivity contribution >= 4 is 11.3 Å². The molecule has 0 aliphatic carbocycles. The van der Waals surface area contributed by atoms with Crippen LogP contribution in [0.2, 0.25) is 0 Å². The van der Waals surface area contributed by atoms with Gasteiger partial charge in [0.2, 0.25) is 0 Å². The number of benzene rings is 1. The molecule has 3 nitrogen and oxygen atoms in total. The van der Waals surface area contributed by atoms with Gasteiger partial charge in [-0.3, -0.25) is 4.98 Å². The fourth-order valence-corrected chi connectivity index (χ4v) is 2.35. The van der Waals surface area contributed by atoms with Gasteiger partial charge in [0.1, 0.15) is 11.5 Å². The fourth-order valence-electron chi connectivity index (χ4n) is 2.35. The molecule has 1 aromatic heterocycles. The van der Waals surface area contributed by atoms with Gasteiger partial charge in [-0.15, -0.1) is 0 Å². The van der Waals surface area contributed by atoms with E-state index >= 15 is 0 Å². The second kappa shape index (κ2) is 9.07. The maximum absolute atomic E-state index is 5.94. The van der Waals surface area contributed by atoms with Crippen LogP contribution in [-0.4, -0.2) is 4.98 Å². The molecule has 2 rings (SSSR count). The topological polar surface area (TPSA) is 48.1 Å². The molecule has 0 amide bonds. The van der Waals surface area contributed by atoms with E-state index in [2.05, 4.69) is 44.8 Å². The summed E-state index contributed by atoms with van der Waals surface area (Å²) >= 11 is 0. The van der Waals surface area contributed by atoms with Crippen LogP contribution < -0.4 is 10.5 Å². The Hall–Kier alpha value is -2.55. The normalized spacial score (nSPS) is 13.6. The summed E-state index contributed by atoms with van der Waals surface area (Å²) < 4.78 is 5.94. The zero-order valence-corrected chi connectivity index (χ0v) is 15.6. The second-order valence-corrected chi connectivity index (χ2v) is 6.40. The molecule has 1 aromatic carbocycles. The molecule has 0 radical (unpaired) electrons. The van der Waals surface area contributed by atoms with Gasteiger partial charge in [-0.05, 0) is 43.0 Å². The van der Waals surface area contributed by atoms with Crippen LogP contribution >= 0.6 is 0 Å². The third kappa shape index (κ3) is 5.79. The predicted molar refractivity (Wildman–Crippen MR) is 107 cm³/mol. The number of hydrogen-bond donors (Lipinski definition) is 1. The highest BCUT2D eigenvalue weighted by atomic mass is 16.5. The molecule has 2 N–H and O–H groups in total. The monoisotopic (exact) mass is 336 g/mol. The number of nitrogens with two attached hydrogens (primary N) is 1. The van der Waals surface area contributed by atoms with Gasteiger partial charge in [0.25, 0.3) is 0 Å². The molecule has 2 aromatic rings. The Kier molecular flexibility index (Phi) is 6.81. The molecule has 0 aliphatic heterocycles. The highest BCUT2D eigenvalue weighted by Gasteiger charge is 2.07. The molecule has 0 aliphatic rings. The van der Waals surface area contributed by atoms with Crippen molar-refractivity contribution in [3.63, 3.8) is 0 Å². The van der Waals surface area contributed by atoms with Gasteiger partial charge in [-0.2, -0.15) is 0 Å². The smallest absolute Gasteiger partial charge is 0.131 e. The number of pyridine rings is 1. The van der Waals surface area contributed by atoms with Crippen LogP contribution in [0.3, 0.4) is 0 Å². The van der Waals surface area contributed by atoms with Crippen molar-refractivity contribution in [2.24, 2.45) is 5.92 Å². The average molecular weight is 336 g/mol. The van der Waals surface area contributed by atoms with Crippen molar-refractivity contribution in [1.82, 2.24) is 4.98 Å². The average Bonchev–Trinajstić information content (AvgIpc) is 2.61. The van der Waals surface area contributed by atoms with E-state index in [1.165, 1.54) is 5.57 Å². The van der Waals surface area contributed by atoms with Crippen molar-refractivity contribution < 1.29 is 4.74 Å². The molecule has 0 fully saturated rings. The first-order valence-electron chi connectivity index (χ1n) is 8.90. The first-order chi connectivity index (χ1) is 12.0. The standard InChI is InChI=1S/C22H28N2O/c1-5-16(3)12-18(13-17(4)6-2)22-15-21(10-11-24-22)25-20-9-7-8-19(23)14-20/h7-16H,5-6,23H2,1-4H3/b17-13?,18-12+. The summed E-state index contributed by atoms with van der Waals surface area (Å²) in [6.45, 7) is 8.74. The summed E-state index contributed by atoms with van der Waals surface area (Å²) in [6, 6.07) is 11.3. The van der Waals surface area contributed by atoms with Crippen LogP contribution in [-0.2, 0) is 0 Å². The Morgan fingerprint density at radius 3 is 2.64 bits per heavy atom. The van der Waals surface area contributed by atoms with Crippen molar-refractivity contribution in [3.05, 3.63) is 66.0 Å². The van der Waals surface area contributed by atoms with E-state index in [-0.39, 0.29) is 0 Å². The van der Waals surface area contributed by atoms with Gasteiger partial charge in [0.15, 0.2) is 0 Å². The Morgan fingerprint density at radius 2 is 1.96 bits per heavy atom. The van der Waals surface area contributed by atoms with Gasteiger partial charge in [-0.1, -0.05) is 51.0 Å². The molecular weight excluding hydrogens is 308 g/mol. The summed E-state index contributed by atoms with van der Waals surface area (Å²) in [5.74, 6) is 1.98. The molecule has 0 saturated carbocycles. The Balaban J connectivity index is 2.34. The van der Waals surface area contributed by atoms with Crippen LogP contribution in [0.25, 0.3) is 5.57 Å². The molecule has 0 spiro atoms. The molecule has 0 bridgehead atoms. The number of ether oxygens (including phenoxy) is 1. The third-order valence-electron chi connectivity index (χ3n) is 4.19. The molecule has 1 atom stereocenters. The summed E-state index contributed by atoms with van der Waals surface area (Å²) in [6.07, 6.45) is 8.42. The number of hydrogen-bond acceptors (Lipinski definition) is 3. The lowest BCUT2D eigenvalue weighted by Gasteiger charge is -2.11. The second-order valence-electron chi connectivity index (χ2n) is 6.40. The van der Waals surface area contributed by atoms with E-state index in [0.717, 1.165) is 35.6 Å². The van der Waals surface area contributed by atoms with Crippen LogP contribution in [0.5, 0.6) is 11.5 Å². The van der Waals surface area contributed by atoms with E-state index in [9.17, 15) is 0 Å². The minimum Gasteiger partial charge on any atom is -0.457 e. The molecule has 3 heteroatoms. The van der Waals surface area contributed by atoms with Gasteiger partial charge >= 0.3 is 0 Å². The van der Waals surface area contributed by atoms with E-state index < -0.39 is 0 Å². The van der Waals surface area contributed by atoms with E-state index in [1.807, 2.05) is 36.4 Å². The highest BCUT2D eigenvalue weighted by molar-refractivity contribution is 5.73. The van der Waals surface area contributed by atoms with Gasteiger partial charge in [0.05, 0.1) is 5.69 Å². The fraction of sp³-hybridized carbons (Fsp3) is 0.318. The third-order valence-corrected chi connectivity index (χ3v) is 4.19. The Morgan fingerprint density at radius 1 is 1.20 bits per heavy atom. The van der Waals surface area contributed by atoms with Crippen LogP contribution in [0, 0.1) is 5.92 Å². The zero-order chi connectivity index (χ0) is 18.2.